The lowest BCUT2D eigenvalue weighted by Gasteiger charge is -2.25. The summed E-state index contributed by atoms with van der Waals surface area (Å²) in [6, 6.07) is -0.0912. The van der Waals surface area contributed by atoms with Crippen molar-refractivity contribution < 1.29 is 44.1 Å². The number of phenols is 1. The number of amides is 4. The molecule has 1 aromatic carbocycles. The predicted molar refractivity (Wildman–Crippen MR) is 144 cm³/mol. The van der Waals surface area contributed by atoms with E-state index in [0.29, 0.717) is 5.56 Å². The predicted octanol–water partition coefficient (Wildman–Crippen LogP) is -3.41. The number of carbonyl (C=O) groups is 6. The van der Waals surface area contributed by atoms with E-state index in [-0.39, 0.29) is 50.4 Å². The molecule has 17 heteroatoms. The molecule has 0 saturated carbocycles. The number of nitrogens with zero attached hydrogens (tertiary/aromatic N) is 1. The van der Waals surface area contributed by atoms with Gasteiger partial charge in [-0.1, -0.05) is 12.1 Å². The number of benzene rings is 1. The van der Waals surface area contributed by atoms with Crippen LogP contribution in [0.1, 0.15) is 37.7 Å². The van der Waals surface area contributed by atoms with Crippen LogP contribution in [-0.4, -0.2) is 87.6 Å². The van der Waals surface area contributed by atoms with E-state index in [9.17, 15) is 39.0 Å². The first-order chi connectivity index (χ1) is 19.2. The Balaban J connectivity index is 3.14. The van der Waals surface area contributed by atoms with Crippen LogP contribution < -0.4 is 38.9 Å². The molecule has 4 atom stereocenters. The van der Waals surface area contributed by atoms with Gasteiger partial charge in [-0.25, -0.2) is 4.79 Å². The van der Waals surface area contributed by atoms with Crippen LogP contribution in [0.4, 0.5) is 0 Å². The summed E-state index contributed by atoms with van der Waals surface area (Å²) in [5.74, 6) is -6.57. The van der Waals surface area contributed by atoms with E-state index >= 15 is 0 Å². The Kier molecular flexibility index (Phi) is 14.1. The van der Waals surface area contributed by atoms with Gasteiger partial charge in [0, 0.05) is 19.4 Å². The molecular weight excluding hydrogens is 544 g/mol. The van der Waals surface area contributed by atoms with Gasteiger partial charge in [0.1, 0.15) is 23.9 Å². The number of phenolic OH excluding ortho intramolecular Hbond substituents is 1. The molecule has 1 rings (SSSR count). The molecule has 17 nitrogen and oxygen atoms in total. The number of carboxylic acids is 2. The molecule has 0 spiro atoms. The molecule has 0 aliphatic heterocycles. The first kappa shape index (κ1) is 34.1. The number of aliphatic carboxylic acids is 2. The minimum atomic E-state index is -1.49. The third-order valence-electron chi connectivity index (χ3n) is 5.61. The molecule has 0 aliphatic carbocycles. The van der Waals surface area contributed by atoms with Gasteiger partial charge in [-0.05, 0) is 37.0 Å². The maximum Gasteiger partial charge on any atom is 0.326 e. The minimum Gasteiger partial charge on any atom is -0.508 e. The normalized spacial score (nSPS) is 13.5. The SMILES string of the molecule is NC(=O)CCC(NC(=O)C(Cc1ccc(O)cc1)NC(=O)C(N)CC(=O)O)C(=O)NC(CCCN=C(N)N)C(=O)O. The van der Waals surface area contributed by atoms with Crippen molar-refractivity contribution in [2.24, 2.45) is 27.9 Å². The number of hydrogen-bond acceptors (Lipinski definition) is 9. The summed E-state index contributed by atoms with van der Waals surface area (Å²) in [5.41, 5.74) is 21.7. The zero-order valence-electron chi connectivity index (χ0n) is 22.1. The molecule has 0 aliphatic rings. The Labute approximate surface area is 234 Å². The van der Waals surface area contributed by atoms with Gasteiger partial charge >= 0.3 is 11.9 Å². The molecule has 0 aromatic heterocycles. The minimum absolute atomic E-state index is 0.0586. The van der Waals surface area contributed by atoms with Gasteiger partial charge in [0.25, 0.3) is 0 Å². The molecule has 4 unspecified atom stereocenters. The van der Waals surface area contributed by atoms with Crippen molar-refractivity contribution >= 4 is 41.5 Å². The van der Waals surface area contributed by atoms with Gasteiger partial charge in [-0.3, -0.25) is 29.0 Å². The van der Waals surface area contributed by atoms with Crippen LogP contribution in [0.25, 0.3) is 0 Å². The molecule has 4 amide bonds. The number of aromatic hydroxyl groups is 1. The van der Waals surface area contributed by atoms with E-state index in [1.807, 2.05) is 0 Å². The molecule has 0 fully saturated rings. The summed E-state index contributed by atoms with van der Waals surface area (Å²) in [7, 11) is 0. The van der Waals surface area contributed by atoms with Crippen molar-refractivity contribution in [3.63, 3.8) is 0 Å². The number of aliphatic imine (C=N–C) groups is 1. The number of nitrogens with one attached hydrogen (secondary N) is 3. The molecule has 0 radical (unpaired) electrons. The molecule has 14 N–H and O–H groups in total. The molecule has 0 bridgehead atoms. The van der Waals surface area contributed by atoms with Crippen molar-refractivity contribution in [1.29, 1.82) is 0 Å². The third-order valence-corrected chi connectivity index (χ3v) is 5.61. The van der Waals surface area contributed by atoms with E-state index in [4.69, 9.17) is 28.0 Å². The first-order valence-electron chi connectivity index (χ1n) is 12.4. The van der Waals surface area contributed by atoms with Crippen molar-refractivity contribution in [2.45, 2.75) is 62.7 Å². The fourth-order valence-corrected chi connectivity index (χ4v) is 3.50. The fraction of sp³-hybridized carbons (Fsp3) is 0.458. The highest BCUT2D eigenvalue weighted by atomic mass is 16.4. The van der Waals surface area contributed by atoms with Crippen LogP contribution >= 0.6 is 0 Å². The molecule has 1 aromatic rings. The van der Waals surface area contributed by atoms with Gasteiger partial charge in [-0.15, -0.1) is 0 Å². The van der Waals surface area contributed by atoms with Crippen molar-refractivity contribution in [3.8, 4) is 5.75 Å². The summed E-state index contributed by atoms with van der Waals surface area (Å²) < 4.78 is 0. The number of nitrogens with two attached hydrogens (primary N) is 4. The summed E-state index contributed by atoms with van der Waals surface area (Å²) in [5, 5.41) is 35.0. The quantitative estimate of drug-likeness (QED) is 0.0461. The summed E-state index contributed by atoms with van der Waals surface area (Å²) in [4.78, 5) is 76.6. The van der Waals surface area contributed by atoms with E-state index in [0.717, 1.165) is 0 Å². The number of rotatable bonds is 18. The Morgan fingerprint density at radius 3 is 1.90 bits per heavy atom. The molecule has 41 heavy (non-hydrogen) atoms. The molecule has 0 heterocycles. The van der Waals surface area contributed by atoms with Gasteiger partial charge < -0.3 is 54.2 Å². The Morgan fingerprint density at radius 1 is 0.805 bits per heavy atom. The van der Waals surface area contributed by atoms with Gasteiger partial charge in [-0.2, -0.15) is 0 Å². The average Bonchev–Trinajstić information content (AvgIpc) is 2.87. The van der Waals surface area contributed by atoms with Crippen molar-refractivity contribution in [3.05, 3.63) is 29.8 Å². The van der Waals surface area contributed by atoms with Crippen molar-refractivity contribution in [1.82, 2.24) is 16.0 Å². The number of carbonyl (C=O) groups excluding carboxylic acids is 4. The highest BCUT2D eigenvalue weighted by Gasteiger charge is 2.31. The second kappa shape index (κ2) is 16.9. The maximum absolute atomic E-state index is 13.3. The topological polar surface area (TPSA) is 316 Å². The second-order valence-electron chi connectivity index (χ2n) is 9.05. The zero-order chi connectivity index (χ0) is 31.1. The lowest BCUT2D eigenvalue weighted by molar-refractivity contribution is -0.142. The van der Waals surface area contributed by atoms with Crippen LogP contribution in [0.2, 0.25) is 0 Å². The third kappa shape index (κ3) is 13.6. The monoisotopic (exact) mass is 580 g/mol. The second-order valence-corrected chi connectivity index (χ2v) is 9.05. The van der Waals surface area contributed by atoms with Crippen LogP contribution in [0.15, 0.2) is 29.3 Å². The number of hydrogen-bond donors (Lipinski definition) is 10. The van der Waals surface area contributed by atoms with Gasteiger partial charge in [0.05, 0.1) is 12.5 Å². The lowest BCUT2D eigenvalue weighted by atomic mass is 10.0. The van der Waals surface area contributed by atoms with Crippen molar-refractivity contribution in [2.75, 3.05) is 6.54 Å². The van der Waals surface area contributed by atoms with Crippen LogP contribution in [0.5, 0.6) is 5.75 Å². The highest BCUT2D eigenvalue weighted by molar-refractivity contribution is 5.95. The standard InChI is InChI=1S/C24H36N8O9/c25-14(11-19(35)36)20(37)32-17(10-12-3-5-13(33)6-4-12)22(39)30-15(7-8-18(26)34)21(38)31-16(23(40)41)2-1-9-29-24(27)28/h3-6,14-17,33H,1-2,7-11,25H2,(H2,26,34)(H,30,39)(H,31,38)(H,32,37)(H,35,36)(H,40,41)(H4,27,28,29). The first-order valence-corrected chi connectivity index (χ1v) is 12.4. The molecule has 226 valence electrons. The number of primary amides is 1. The Bertz CT molecular complexity index is 1120. The summed E-state index contributed by atoms with van der Waals surface area (Å²) >= 11 is 0. The van der Waals surface area contributed by atoms with Crippen LogP contribution in [-0.2, 0) is 35.2 Å². The maximum atomic E-state index is 13.3. The van der Waals surface area contributed by atoms with E-state index in [2.05, 4.69) is 20.9 Å². The molecular formula is C24H36N8O9. The van der Waals surface area contributed by atoms with E-state index in [1.165, 1.54) is 24.3 Å². The summed E-state index contributed by atoms with van der Waals surface area (Å²) in [6.45, 7) is 0.104. The van der Waals surface area contributed by atoms with Crippen LogP contribution in [0.3, 0.4) is 0 Å². The summed E-state index contributed by atoms with van der Waals surface area (Å²) in [6.07, 6.45) is -1.39. The largest absolute Gasteiger partial charge is 0.508 e. The Morgan fingerprint density at radius 2 is 1.37 bits per heavy atom. The van der Waals surface area contributed by atoms with E-state index in [1.54, 1.807) is 0 Å². The fourth-order valence-electron chi connectivity index (χ4n) is 3.50. The highest BCUT2D eigenvalue weighted by Crippen LogP contribution is 2.12. The van der Waals surface area contributed by atoms with Crippen LogP contribution in [0, 0.1) is 0 Å². The van der Waals surface area contributed by atoms with E-state index < -0.39 is 66.2 Å². The Hall–Kier alpha value is -4.93. The molecule has 0 saturated heterocycles. The smallest absolute Gasteiger partial charge is 0.326 e. The van der Waals surface area contributed by atoms with Gasteiger partial charge in [0.15, 0.2) is 5.96 Å². The number of guanidine groups is 1. The van der Waals surface area contributed by atoms with Gasteiger partial charge in [0.2, 0.25) is 23.6 Å². The average molecular weight is 581 g/mol. The lowest BCUT2D eigenvalue weighted by Crippen LogP contribution is -2.57. The zero-order valence-corrected chi connectivity index (χ0v) is 22.1. The number of carboxylic acid groups (broad SMARTS) is 2.